The van der Waals surface area contributed by atoms with Crippen LogP contribution in [0.1, 0.15) is 29.4 Å². The molecule has 0 saturated heterocycles. The lowest BCUT2D eigenvalue weighted by Gasteiger charge is -2.01. The van der Waals surface area contributed by atoms with Crippen molar-refractivity contribution >= 4 is 44.7 Å². The van der Waals surface area contributed by atoms with Gasteiger partial charge in [-0.25, -0.2) is 0 Å². The smallest absolute Gasteiger partial charge is 0.172 e. The Kier molecular flexibility index (Phi) is 4.60. The predicted octanol–water partition coefficient (Wildman–Crippen LogP) is 5.81. The van der Waals surface area contributed by atoms with Crippen LogP contribution in [0, 0.1) is 0 Å². The Morgan fingerprint density at radius 2 is 2.11 bits per heavy atom. The van der Waals surface area contributed by atoms with E-state index in [2.05, 4.69) is 15.9 Å². The lowest BCUT2D eigenvalue weighted by Crippen LogP contribution is -1.93. The predicted molar refractivity (Wildman–Crippen MR) is 81.7 cm³/mol. The number of Topliss-reactive ketones (excluding diaryl/α,β-unsaturated/α-hetero) is 1. The molecule has 0 spiro atoms. The molecule has 2 rings (SSSR count). The van der Waals surface area contributed by atoms with Gasteiger partial charge in [0.2, 0.25) is 0 Å². The highest BCUT2D eigenvalue weighted by atomic mass is 79.9. The van der Waals surface area contributed by atoms with Gasteiger partial charge in [-0.15, -0.1) is 11.3 Å². The maximum atomic E-state index is 11.8. The van der Waals surface area contributed by atoms with Crippen LogP contribution in [0.4, 0.5) is 0 Å². The molecular weight excluding hydrogens is 332 g/mol. The molecule has 94 valence electrons. The summed E-state index contributed by atoms with van der Waals surface area (Å²) in [5, 5.41) is 0.699. The van der Waals surface area contributed by atoms with Crippen molar-refractivity contribution in [3.63, 3.8) is 0 Å². The fourth-order valence-corrected chi connectivity index (χ4v) is 3.71. The van der Waals surface area contributed by atoms with Crippen LogP contribution >= 0.6 is 38.9 Å². The summed E-state index contributed by atoms with van der Waals surface area (Å²) in [6.07, 6.45) is 1.50. The monoisotopic (exact) mass is 342 g/mol. The summed E-state index contributed by atoms with van der Waals surface area (Å²) in [7, 11) is 0. The molecule has 1 heterocycles. The minimum atomic E-state index is 0.221. The topological polar surface area (TPSA) is 17.1 Å². The minimum Gasteiger partial charge on any atom is -0.293 e. The quantitative estimate of drug-likeness (QED) is 0.640. The lowest BCUT2D eigenvalue weighted by atomic mass is 10.2. The highest BCUT2D eigenvalue weighted by Gasteiger charge is 2.11. The molecule has 0 aliphatic carbocycles. The number of benzene rings is 1. The fraction of sp³-hybridized carbons (Fsp3) is 0.214. The summed E-state index contributed by atoms with van der Waals surface area (Å²) >= 11 is 11.0. The zero-order valence-electron chi connectivity index (χ0n) is 9.87. The van der Waals surface area contributed by atoms with Crippen molar-refractivity contribution < 1.29 is 4.79 Å². The van der Waals surface area contributed by atoms with Gasteiger partial charge in [0, 0.05) is 26.4 Å². The Balaban J connectivity index is 2.32. The molecule has 0 N–H and O–H groups in total. The van der Waals surface area contributed by atoms with Gasteiger partial charge in [0.05, 0.1) is 4.88 Å². The maximum Gasteiger partial charge on any atom is 0.172 e. The third kappa shape index (κ3) is 3.02. The van der Waals surface area contributed by atoms with Gasteiger partial charge >= 0.3 is 0 Å². The molecule has 0 aliphatic heterocycles. The van der Waals surface area contributed by atoms with E-state index >= 15 is 0 Å². The van der Waals surface area contributed by atoms with E-state index in [0.29, 0.717) is 11.4 Å². The molecule has 0 unspecified atom stereocenters. The first kappa shape index (κ1) is 13.8. The van der Waals surface area contributed by atoms with E-state index in [4.69, 9.17) is 11.6 Å². The summed E-state index contributed by atoms with van der Waals surface area (Å²) < 4.78 is 0.950. The highest BCUT2D eigenvalue weighted by molar-refractivity contribution is 9.10. The molecule has 0 fully saturated rings. The van der Waals surface area contributed by atoms with Gasteiger partial charge in [-0.3, -0.25) is 4.79 Å². The van der Waals surface area contributed by atoms with Gasteiger partial charge < -0.3 is 0 Å². The van der Waals surface area contributed by atoms with Crippen LogP contribution in [0.15, 0.2) is 34.8 Å². The average Bonchev–Trinajstić information content (AvgIpc) is 2.78. The number of thiophene rings is 1. The van der Waals surface area contributed by atoms with Crippen molar-refractivity contribution in [3.05, 3.63) is 44.7 Å². The molecule has 0 atom stereocenters. The first-order valence-corrected chi connectivity index (χ1v) is 7.69. The molecule has 0 aliphatic rings. The molecule has 1 nitrogen and oxygen atoms in total. The van der Waals surface area contributed by atoms with Gasteiger partial charge in [-0.1, -0.05) is 40.5 Å². The largest absolute Gasteiger partial charge is 0.293 e. The number of halogens is 2. The van der Waals surface area contributed by atoms with Crippen molar-refractivity contribution in [1.82, 2.24) is 0 Å². The van der Waals surface area contributed by atoms with Crippen molar-refractivity contribution in [2.24, 2.45) is 0 Å². The van der Waals surface area contributed by atoms with E-state index in [1.54, 1.807) is 0 Å². The molecular formula is C14H12BrClOS. The Morgan fingerprint density at radius 1 is 1.33 bits per heavy atom. The summed E-state index contributed by atoms with van der Waals surface area (Å²) in [6.45, 7) is 2.02. The Hall–Kier alpha value is -0.640. The van der Waals surface area contributed by atoms with Gasteiger partial charge in [-0.05, 0) is 30.7 Å². The first-order chi connectivity index (χ1) is 8.61. The molecule has 1 aromatic heterocycles. The van der Waals surface area contributed by atoms with Gasteiger partial charge in [0.25, 0.3) is 0 Å². The second kappa shape index (κ2) is 6.00. The first-order valence-electron chi connectivity index (χ1n) is 5.70. The normalized spacial score (nSPS) is 10.6. The molecule has 2 aromatic rings. The van der Waals surface area contributed by atoms with Crippen LogP contribution in [0.5, 0.6) is 0 Å². The SMILES string of the molecule is CCCC(=O)c1ccc(-c2ccc(Cl)cc2Br)s1. The molecule has 1 aromatic carbocycles. The summed E-state index contributed by atoms with van der Waals surface area (Å²) in [6, 6.07) is 9.58. The molecule has 0 amide bonds. The summed E-state index contributed by atoms with van der Waals surface area (Å²) in [5.74, 6) is 0.221. The number of carbonyl (C=O) groups is 1. The van der Waals surface area contributed by atoms with Gasteiger partial charge in [0.15, 0.2) is 5.78 Å². The maximum absolute atomic E-state index is 11.8. The molecule has 4 heteroatoms. The summed E-state index contributed by atoms with van der Waals surface area (Å²) in [5.41, 5.74) is 1.07. The molecule has 0 saturated carbocycles. The Labute approximate surface area is 124 Å². The standard InChI is InChI=1S/C14H12BrClOS/c1-2-3-12(17)14-7-6-13(18-14)10-5-4-9(16)8-11(10)15/h4-8H,2-3H2,1H3. The van der Waals surface area contributed by atoms with Crippen LogP contribution in [0.3, 0.4) is 0 Å². The second-order valence-electron chi connectivity index (χ2n) is 3.96. The zero-order chi connectivity index (χ0) is 13.1. The number of rotatable bonds is 4. The van der Waals surface area contributed by atoms with E-state index < -0.39 is 0 Å². The summed E-state index contributed by atoms with van der Waals surface area (Å²) in [4.78, 5) is 13.7. The van der Waals surface area contributed by atoms with E-state index in [-0.39, 0.29) is 5.78 Å². The van der Waals surface area contributed by atoms with Gasteiger partial charge in [-0.2, -0.15) is 0 Å². The number of carbonyl (C=O) groups excluding carboxylic acids is 1. The van der Waals surface area contributed by atoms with Crippen LogP contribution in [-0.2, 0) is 0 Å². The van der Waals surface area contributed by atoms with Crippen molar-refractivity contribution in [2.45, 2.75) is 19.8 Å². The Bertz CT molecular complexity index is 577. The van der Waals surface area contributed by atoms with Crippen molar-refractivity contribution in [2.75, 3.05) is 0 Å². The minimum absolute atomic E-state index is 0.221. The van der Waals surface area contributed by atoms with Crippen molar-refractivity contribution in [1.29, 1.82) is 0 Å². The lowest BCUT2D eigenvalue weighted by molar-refractivity contribution is 0.0985. The number of hydrogen-bond acceptors (Lipinski definition) is 2. The third-order valence-corrected chi connectivity index (χ3v) is 4.61. The van der Waals surface area contributed by atoms with Crippen LogP contribution in [-0.4, -0.2) is 5.78 Å². The average molecular weight is 344 g/mol. The highest BCUT2D eigenvalue weighted by Crippen LogP contribution is 2.35. The van der Waals surface area contributed by atoms with Crippen LogP contribution in [0.2, 0.25) is 5.02 Å². The van der Waals surface area contributed by atoms with E-state index in [1.165, 1.54) is 11.3 Å². The van der Waals surface area contributed by atoms with Crippen molar-refractivity contribution in [3.8, 4) is 10.4 Å². The number of hydrogen-bond donors (Lipinski definition) is 0. The molecule has 0 radical (unpaired) electrons. The Morgan fingerprint density at radius 3 is 2.78 bits per heavy atom. The fourth-order valence-electron chi connectivity index (χ4n) is 1.67. The van der Waals surface area contributed by atoms with E-state index in [9.17, 15) is 4.79 Å². The third-order valence-electron chi connectivity index (χ3n) is 2.55. The molecule has 0 bridgehead atoms. The second-order valence-corrected chi connectivity index (χ2v) is 6.34. The van der Waals surface area contributed by atoms with E-state index in [0.717, 1.165) is 26.2 Å². The zero-order valence-corrected chi connectivity index (χ0v) is 13.0. The number of ketones is 1. The van der Waals surface area contributed by atoms with Gasteiger partial charge in [0.1, 0.15) is 0 Å². The van der Waals surface area contributed by atoms with Crippen LogP contribution in [0.25, 0.3) is 10.4 Å². The molecule has 18 heavy (non-hydrogen) atoms. The van der Waals surface area contributed by atoms with Crippen LogP contribution < -0.4 is 0 Å². The van der Waals surface area contributed by atoms with E-state index in [1.807, 2.05) is 37.3 Å².